The number of sulfonamides is 1. The van der Waals surface area contributed by atoms with E-state index in [9.17, 15) is 13.2 Å². The second kappa shape index (κ2) is 9.70. The summed E-state index contributed by atoms with van der Waals surface area (Å²) in [6.45, 7) is 0.544. The summed E-state index contributed by atoms with van der Waals surface area (Å²) < 4.78 is 33.6. The van der Waals surface area contributed by atoms with Crippen LogP contribution >= 0.6 is 11.3 Å². The second-order valence-corrected chi connectivity index (χ2v) is 8.78. The predicted molar refractivity (Wildman–Crippen MR) is 114 cm³/mol. The van der Waals surface area contributed by atoms with Crippen molar-refractivity contribution in [1.82, 2.24) is 10.3 Å². The molecule has 8 nitrogen and oxygen atoms in total. The normalized spacial score (nSPS) is 11.1. The van der Waals surface area contributed by atoms with E-state index in [1.807, 2.05) is 5.38 Å². The first kappa shape index (κ1) is 21.8. The predicted octanol–water partition coefficient (Wildman–Crippen LogP) is 2.45. The minimum atomic E-state index is -3.62. The van der Waals surface area contributed by atoms with Crippen LogP contribution in [0.4, 0.5) is 0 Å². The maximum atomic E-state index is 12.5. The largest absolute Gasteiger partial charge is 0.493 e. The lowest BCUT2D eigenvalue weighted by Gasteiger charge is -2.12. The van der Waals surface area contributed by atoms with Crippen molar-refractivity contribution in [3.8, 4) is 11.5 Å². The highest BCUT2D eigenvalue weighted by Crippen LogP contribution is 2.29. The zero-order valence-corrected chi connectivity index (χ0v) is 17.8. The van der Waals surface area contributed by atoms with Gasteiger partial charge in [-0.1, -0.05) is 24.3 Å². The summed E-state index contributed by atoms with van der Waals surface area (Å²) in [6, 6.07) is 11.8. The molecule has 3 rings (SSSR count). The summed E-state index contributed by atoms with van der Waals surface area (Å²) in [6.07, 6.45) is 0. The Morgan fingerprint density at radius 1 is 1.17 bits per heavy atom. The number of thiazole rings is 1. The number of nitrogens with zero attached hydrogens (tertiary/aromatic N) is 1. The highest BCUT2D eigenvalue weighted by Gasteiger charge is 2.12. The van der Waals surface area contributed by atoms with Gasteiger partial charge in [-0.3, -0.25) is 4.79 Å². The van der Waals surface area contributed by atoms with Crippen molar-refractivity contribution in [2.45, 2.75) is 18.9 Å². The molecule has 0 radical (unpaired) electrons. The minimum absolute atomic E-state index is 0.238. The van der Waals surface area contributed by atoms with E-state index in [1.165, 1.54) is 18.4 Å². The van der Waals surface area contributed by atoms with Crippen LogP contribution in [0.5, 0.6) is 11.5 Å². The Morgan fingerprint density at radius 2 is 1.97 bits per heavy atom. The molecule has 2 aromatic carbocycles. The van der Waals surface area contributed by atoms with Crippen molar-refractivity contribution in [3.05, 3.63) is 75.7 Å². The third kappa shape index (κ3) is 6.28. The lowest BCUT2D eigenvalue weighted by Crippen LogP contribution is -2.23. The summed E-state index contributed by atoms with van der Waals surface area (Å²) in [5.41, 5.74) is 4.28. The van der Waals surface area contributed by atoms with Crippen molar-refractivity contribution in [2.24, 2.45) is 5.14 Å². The van der Waals surface area contributed by atoms with Gasteiger partial charge < -0.3 is 14.8 Å². The van der Waals surface area contributed by atoms with E-state index in [-0.39, 0.29) is 18.2 Å². The van der Waals surface area contributed by atoms with Crippen LogP contribution in [-0.2, 0) is 28.9 Å². The number of rotatable bonds is 9. The molecule has 0 unspecified atom stereocenters. The fourth-order valence-corrected chi connectivity index (χ4v) is 3.92. The molecule has 3 aromatic rings. The maximum Gasteiger partial charge on any atom is 0.251 e. The zero-order valence-electron chi connectivity index (χ0n) is 16.2. The van der Waals surface area contributed by atoms with E-state index in [4.69, 9.17) is 14.6 Å². The number of nitrogens with two attached hydrogens (primary N) is 1. The van der Waals surface area contributed by atoms with Gasteiger partial charge in [-0.2, -0.15) is 0 Å². The van der Waals surface area contributed by atoms with Gasteiger partial charge in [0.25, 0.3) is 5.91 Å². The Hall–Kier alpha value is -2.95. The number of amides is 1. The van der Waals surface area contributed by atoms with Crippen molar-refractivity contribution in [1.29, 1.82) is 0 Å². The standard InChI is InChI=1S/C20H21N3O5S2/c1-27-19-8-16(5-6-18(19)28-10-17-11-29-13-23-17)20(24)22-9-14-3-2-4-15(7-14)12-30(21,25)26/h2-8,11,13H,9-10,12H2,1H3,(H,22,24)(H2,21,25,26). The Kier molecular flexibility index (Phi) is 7.03. The number of carbonyl (C=O) groups is 1. The third-order valence-electron chi connectivity index (χ3n) is 4.10. The Morgan fingerprint density at radius 3 is 2.67 bits per heavy atom. The molecule has 0 spiro atoms. The topological polar surface area (TPSA) is 121 Å². The van der Waals surface area contributed by atoms with Crippen LogP contribution in [-0.4, -0.2) is 26.4 Å². The van der Waals surface area contributed by atoms with Crippen molar-refractivity contribution in [3.63, 3.8) is 0 Å². The summed E-state index contributed by atoms with van der Waals surface area (Å²) in [4.78, 5) is 16.7. The first-order valence-corrected chi connectivity index (χ1v) is 11.5. The first-order chi connectivity index (χ1) is 14.3. The lowest BCUT2D eigenvalue weighted by atomic mass is 10.1. The number of methoxy groups -OCH3 is 1. The molecule has 30 heavy (non-hydrogen) atoms. The Bertz CT molecular complexity index is 1120. The van der Waals surface area contributed by atoms with E-state index in [0.29, 0.717) is 29.2 Å². The van der Waals surface area contributed by atoms with Gasteiger partial charge in [0, 0.05) is 17.5 Å². The average Bonchev–Trinajstić information content (AvgIpc) is 3.23. The molecule has 0 bridgehead atoms. The van der Waals surface area contributed by atoms with Crippen molar-refractivity contribution >= 4 is 27.3 Å². The molecule has 0 aliphatic rings. The van der Waals surface area contributed by atoms with Crippen LogP contribution in [0.1, 0.15) is 27.2 Å². The molecule has 3 N–H and O–H groups in total. The number of nitrogens with one attached hydrogen (secondary N) is 1. The molecule has 0 saturated carbocycles. The quantitative estimate of drug-likeness (QED) is 0.520. The minimum Gasteiger partial charge on any atom is -0.493 e. The fraction of sp³-hybridized carbons (Fsp3) is 0.200. The summed E-state index contributed by atoms with van der Waals surface area (Å²) in [5.74, 6) is 0.399. The number of aromatic nitrogens is 1. The number of ether oxygens (including phenoxy) is 2. The monoisotopic (exact) mass is 447 g/mol. The van der Waals surface area contributed by atoms with Gasteiger partial charge >= 0.3 is 0 Å². The molecule has 1 aromatic heterocycles. The highest BCUT2D eigenvalue weighted by atomic mass is 32.2. The molecule has 0 saturated heterocycles. The van der Waals surface area contributed by atoms with E-state index in [1.54, 1.807) is 48.0 Å². The number of benzene rings is 2. The third-order valence-corrected chi connectivity index (χ3v) is 5.47. The van der Waals surface area contributed by atoms with Gasteiger partial charge in [-0.05, 0) is 29.3 Å². The van der Waals surface area contributed by atoms with Crippen LogP contribution < -0.4 is 19.9 Å². The van der Waals surface area contributed by atoms with Gasteiger partial charge in [0.15, 0.2) is 11.5 Å². The van der Waals surface area contributed by atoms with Gasteiger partial charge in [0.05, 0.1) is 24.1 Å². The van der Waals surface area contributed by atoms with Crippen LogP contribution in [0.2, 0.25) is 0 Å². The lowest BCUT2D eigenvalue weighted by molar-refractivity contribution is 0.0950. The molecule has 0 fully saturated rings. The van der Waals surface area contributed by atoms with Crippen LogP contribution in [0.15, 0.2) is 53.4 Å². The Balaban J connectivity index is 1.63. The molecule has 0 aliphatic carbocycles. The molecule has 1 heterocycles. The Labute approximate surface area is 178 Å². The fourth-order valence-electron chi connectivity index (χ4n) is 2.73. The van der Waals surface area contributed by atoms with Gasteiger partial charge in [-0.15, -0.1) is 11.3 Å². The average molecular weight is 448 g/mol. The number of primary sulfonamides is 1. The summed E-state index contributed by atoms with van der Waals surface area (Å²) >= 11 is 1.49. The van der Waals surface area contributed by atoms with Crippen LogP contribution in [0.25, 0.3) is 0 Å². The van der Waals surface area contributed by atoms with E-state index in [2.05, 4.69) is 10.3 Å². The van der Waals surface area contributed by atoms with E-state index >= 15 is 0 Å². The summed E-state index contributed by atoms with van der Waals surface area (Å²) in [5, 5.41) is 9.78. The van der Waals surface area contributed by atoms with Crippen LogP contribution in [0, 0.1) is 0 Å². The molecule has 1 amide bonds. The molecule has 0 aliphatic heterocycles. The molecule has 0 atom stereocenters. The molecule has 158 valence electrons. The van der Waals surface area contributed by atoms with E-state index < -0.39 is 10.0 Å². The number of hydrogen-bond donors (Lipinski definition) is 2. The van der Waals surface area contributed by atoms with Gasteiger partial charge in [0.1, 0.15) is 6.61 Å². The number of carbonyl (C=O) groups excluding carboxylic acids is 1. The molecule has 10 heteroatoms. The molecular formula is C20H21N3O5S2. The smallest absolute Gasteiger partial charge is 0.251 e. The summed E-state index contributed by atoms with van der Waals surface area (Å²) in [7, 11) is -2.11. The van der Waals surface area contributed by atoms with E-state index in [0.717, 1.165) is 11.3 Å². The number of hydrogen-bond acceptors (Lipinski definition) is 7. The van der Waals surface area contributed by atoms with Crippen molar-refractivity contribution in [2.75, 3.05) is 7.11 Å². The second-order valence-electron chi connectivity index (χ2n) is 6.44. The molecular weight excluding hydrogens is 426 g/mol. The van der Waals surface area contributed by atoms with Crippen LogP contribution in [0.3, 0.4) is 0 Å². The SMILES string of the molecule is COc1cc(C(=O)NCc2cccc(CS(N)(=O)=O)c2)ccc1OCc1cscn1. The van der Waals surface area contributed by atoms with Crippen molar-refractivity contribution < 1.29 is 22.7 Å². The van der Waals surface area contributed by atoms with Gasteiger partial charge in [-0.25, -0.2) is 18.5 Å². The van der Waals surface area contributed by atoms with Gasteiger partial charge in [0.2, 0.25) is 10.0 Å². The zero-order chi connectivity index (χ0) is 21.6. The first-order valence-electron chi connectivity index (χ1n) is 8.88. The maximum absolute atomic E-state index is 12.5. The highest BCUT2D eigenvalue weighted by molar-refractivity contribution is 7.88.